The Kier molecular flexibility index (Phi) is 9.08. The van der Waals surface area contributed by atoms with Gasteiger partial charge in [-0.1, -0.05) is 55.7 Å². The summed E-state index contributed by atoms with van der Waals surface area (Å²) in [6.07, 6.45) is 5.28. The molecular weight excluding hydrogens is 490 g/mol. The highest BCUT2D eigenvalue weighted by molar-refractivity contribution is 6.22. The molecule has 1 fully saturated rings. The fourth-order valence-electron chi connectivity index (χ4n) is 6.47. The third-order valence-electron chi connectivity index (χ3n) is 8.38. The highest BCUT2D eigenvalue weighted by atomic mass is 16.3. The quantitative estimate of drug-likeness (QED) is 0.264. The van der Waals surface area contributed by atoms with E-state index in [0.717, 1.165) is 47.1 Å². The second-order valence-corrected chi connectivity index (χ2v) is 11.0. The molecule has 39 heavy (non-hydrogen) atoms. The number of nitrogens with zero attached hydrogens (tertiary/aromatic N) is 1. The first-order valence-electron chi connectivity index (χ1n) is 14.1. The predicted octanol–water partition coefficient (Wildman–Crippen LogP) is 5.86. The zero-order valence-electron chi connectivity index (χ0n) is 23.5. The van der Waals surface area contributed by atoms with Gasteiger partial charge in [-0.3, -0.25) is 14.5 Å². The summed E-state index contributed by atoms with van der Waals surface area (Å²) in [5.74, 6) is -1.96. The molecular formula is C33H41NO5. The van der Waals surface area contributed by atoms with Crippen LogP contribution in [0.3, 0.4) is 0 Å². The van der Waals surface area contributed by atoms with Crippen molar-refractivity contribution in [3.63, 3.8) is 0 Å². The number of aryl methyl sites for hydroxylation is 2. The Bertz CT molecular complexity index is 1260. The summed E-state index contributed by atoms with van der Waals surface area (Å²) in [6.45, 7) is 7.63. The number of aromatic hydroxyl groups is 1. The van der Waals surface area contributed by atoms with Crippen LogP contribution in [0.25, 0.3) is 6.08 Å². The summed E-state index contributed by atoms with van der Waals surface area (Å²) in [7, 11) is 0. The van der Waals surface area contributed by atoms with Crippen LogP contribution in [0.2, 0.25) is 0 Å². The van der Waals surface area contributed by atoms with E-state index >= 15 is 0 Å². The fourth-order valence-corrected chi connectivity index (χ4v) is 6.47. The molecule has 2 aromatic rings. The van der Waals surface area contributed by atoms with E-state index in [-0.39, 0.29) is 18.4 Å². The smallest absolute Gasteiger partial charge is 0.238 e. The van der Waals surface area contributed by atoms with E-state index in [1.807, 2.05) is 32.0 Å². The van der Waals surface area contributed by atoms with Crippen molar-refractivity contribution in [2.45, 2.75) is 72.3 Å². The summed E-state index contributed by atoms with van der Waals surface area (Å²) in [5.41, 5.74) is 6.16. The molecule has 0 unspecified atom stereocenters. The summed E-state index contributed by atoms with van der Waals surface area (Å²) in [6, 6.07) is 12.9. The van der Waals surface area contributed by atoms with Crippen LogP contribution in [0.4, 0.5) is 5.69 Å². The molecule has 6 heteroatoms. The third-order valence-corrected chi connectivity index (χ3v) is 8.38. The van der Waals surface area contributed by atoms with Crippen LogP contribution in [0.5, 0.6) is 5.75 Å². The maximum atomic E-state index is 13.6. The number of benzene rings is 2. The molecule has 2 aromatic carbocycles. The lowest BCUT2D eigenvalue weighted by Gasteiger charge is -2.36. The molecule has 4 rings (SSSR count). The molecule has 0 saturated carbocycles. The molecule has 0 bridgehead atoms. The lowest BCUT2D eigenvalue weighted by atomic mass is 9.67. The van der Waals surface area contributed by atoms with Crippen molar-refractivity contribution < 1.29 is 24.9 Å². The Balaban J connectivity index is 1.60. The van der Waals surface area contributed by atoms with Crippen LogP contribution in [0, 0.1) is 31.6 Å². The van der Waals surface area contributed by atoms with Gasteiger partial charge in [0.2, 0.25) is 11.8 Å². The van der Waals surface area contributed by atoms with Crippen molar-refractivity contribution in [1.29, 1.82) is 0 Å². The second kappa shape index (κ2) is 12.3. The van der Waals surface area contributed by atoms with Crippen LogP contribution in [-0.2, 0) is 9.59 Å². The van der Waals surface area contributed by atoms with Gasteiger partial charge in [0.25, 0.3) is 0 Å². The molecule has 4 atom stereocenters. The molecule has 1 saturated heterocycles. The number of aliphatic hydroxyl groups is 2. The van der Waals surface area contributed by atoms with Gasteiger partial charge in [-0.05, 0) is 92.5 Å². The number of hydrogen-bond acceptors (Lipinski definition) is 5. The Hall–Kier alpha value is -3.22. The number of amides is 2. The van der Waals surface area contributed by atoms with Gasteiger partial charge in [0, 0.05) is 5.92 Å². The van der Waals surface area contributed by atoms with Crippen molar-refractivity contribution in [3.05, 3.63) is 75.9 Å². The van der Waals surface area contributed by atoms with Crippen LogP contribution < -0.4 is 4.90 Å². The average Bonchev–Trinajstić information content (AvgIpc) is 3.18. The number of carbonyl (C=O) groups is 2. The van der Waals surface area contributed by atoms with Crippen molar-refractivity contribution >= 4 is 23.6 Å². The summed E-state index contributed by atoms with van der Waals surface area (Å²) < 4.78 is 0. The van der Waals surface area contributed by atoms with Crippen LogP contribution >= 0.6 is 0 Å². The number of allylic oxidation sites excluding steroid dienone is 2. The number of rotatable bonds is 10. The zero-order valence-corrected chi connectivity index (χ0v) is 23.5. The van der Waals surface area contributed by atoms with E-state index in [1.54, 1.807) is 24.3 Å². The molecule has 1 aliphatic heterocycles. The van der Waals surface area contributed by atoms with Gasteiger partial charge in [-0.25, -0.2) is 0 Å². The molecule has 0 spiro atoms. The van der Waals surface area contributed by atoms with Gasteiger partial charge in [-0.2, -0.15) is 0 Å². The number of phenolic OH excluding ortho intramolecular Hbond substituents is 1. The van der Waals surface area contributed by atoms with Crippen molar-refractivity contribution in [3.8, 4) is 5.75 Å². The predicted molar refractivity (Wildman–Crippen MR) is 154 cm³/mol. The second-order valence-electron chi connectivity index (χ2n) is 11.0. The van der Waals surface area contributed by atoms with Crippen molar-refractivity contribution in [2.24, 2.45) is 17.8 Å². The maximum absolute atomic E-state index is 13.6. The standard InChI is InChI=1S/C33H41NO5/c1-5-10-24-18-26-30(33(39)34(32(26)38)25-11-8-7-9-12-25)27(19-35)29(24)28(36)14-13-22(6-2)17-23-15-20(3)31(37)21(4)16-23/h7-9,11-12,15-17,26-28,30,35-37H,5-6,10,13-14,18-19H2,1-4H3/b22-17+/t26-,27+,28-,30-/m1/s1. The molecule has 208 valence electrons. The highest BCUT2D eigenvalue weighted by Gasteiger charge is 2.55. The minimum absolute atomic E-state index is 0.215. The molecule has 2 amide bonds. The van der Waals surface area contributed by atoms with Gasteiger partial charge in [0.1, 0.15) is 5.75 Å². The van der Waals surface area contributed by atoms with Crippen LogP contribution in [-0.4, -0.2) is 39.8 Å². The monoisotopic (exact) mass is 531 g/mol. The molecule has 2 aliphatic rings. The van der Waals surface area contributed by atoms with E-state index in [1.165, 1.54) is 10.5 Å². The third kappa shape index (κ3) is 5.73. The molecule has 0 radical (unpaired) electrons. The number of carbonyl (C=O) groups excluding carboxylic acids is 2. The fraction of sp³-hybridized carbons (Fsp3) is 0.455. The Morgan fingerprint density at radius 1 is 1.08 bits per heavy atom. The summed E-state index contributed by atoms with van der Waals surface area (Å²) >= 11 is 0. The Labute approximate surface area is 231 Å². The summed E-state index contributed by atoms with van der Waals surface area (Å²) in [4.78, 5) is 28.3. The number of fused-ring (bicyclic) bond motifs is 1. The number of para-hydroxylation sites is 1. The van der Waals surface area contributed by atoms with Crippen LogP contribution in [0.1, 0.15) is 69.1 Å². The van der Waals surface area contributed by atoms with Gasteiger partial charge in [0.15, 0.2) is 0 Å². The van der Waals surface area contributed by atoms with Gasteiger partial charge < -0.3 is 15.3 Å². The van der Waals surface area contributed by atoms with E-state index < -0.39 is 23.9 Å². The SMILES string of the molecule is CCCC1=C([C@H](O)CC/C(=C/c2cc(C)c(O)c(C)c2)CC)[C@H](CO)[C@@H]2C(=O)N(c3ccccc3)C(=O)[C@@H]2C1. The Morgan fingerprint density at radius 3 is 2.33 bits per heavy atom. The zero-order chi connectivity index (χ0) is 28.3. The number of imide groups is 1. The van der Waals surface area contributed by atoms with Gasteiger partial charge >= 0.3 is 0 Å². The minimum Gasteiger partial charge on any atom is -0.507 e. The molecule has 1 aliphatic carbocycles. The van der Waals surface area contributed by atoms with Crippen molar-refractivity contribution in [1.82, 2.24) is 0 Å². The lowest BCUT2D eigenvalue weighted by molar-refractivity contribution is -0.123. The largest absolute Gasteiger partial charge is 0.507 e. The average molecular weight is 532 g/mol. The first-order chi connectivity index (χ1) is 18.7. The number of anilines is 1. The minimum atomic E-state index is -0.809. The molecule has 6 nitrogen and oxygen atoms in total. The van der Waals surface area contributed by atoms with E-state index in [4.69, 9.17) is 0 Å². The van der Waals surface area contributed by atoms with E-state index in [2.05, 4.69) is 19.9 Å². The highest BCUT2D eigenvalue weighted by Crippen LogP contribution is 2.48. The molecule has 1 heterocycles. The van der Waals surface area contributed by atoms with Crippen molar-refractivity contribution in [2.75, 3.05) is 11.5 Å². The van der Waals surface area contributed by atoms with E-state index in [0.29, 0.717) is 30.7 Å². The summed E-state index contributed by atoms with van der Waals surface area (Å²) in [5, 5.41) is 32.2. The first-order valence-corrected chi connectivity index (χ1v) is 14.1. The normalized spacial score (nSPS) is 22.5. The number of phenols is 1. The van der Waals surface area contributed by atoms with Gasteiger partial charge in [-0.15, -0.1) is 0 Å². The van der Waals surface area contributed by atoms with Crippen LogP contribution in [0.15, 0.2) is 59.2 Å². The number of hydrogen-bond donors (Lipinski definition) is 3. The Morgan fingerprint density at radius 2 is 1.74 bits per heavy atom. The maximum Gasteiger partial charge on any atom is 0.238 e. The molecule has 3 N–H and O–H groups in total. The van der Waals surface area contributed by atoms with Gasteiger partial charge in [0.05, 0.1) is 30.2 Å². The number of aliphatic hydroxyl groups excluding tert-OH is 2. The van der Waals surface area contributed by atoms with E-state index in [9.17, 15) is 24.9 Å². The topological polar surface area (TPSA) is 98.1 Å². The first kappa shape index (κ1) is 28.8. The molecule has 0 aromatic heterocycles. The lowest BCUT2D eigenvalue weighted by Crippen LogP contribution is -2.39.